The molecule has 1 aromatic heterocycles. The van der Waals surface area contributed by atoms with Crippen LogP contribution in [0.2, 0.25) is 0 Å². The number of hydrogen-bond donors (Lipinski definition) is 0. The number of hydrogen-bond acceptors (Lipinski definition) is 5. The summed E-state index contributed by atoms with van der Waals surface area (Å²) in [5.74, 6) is 1.42. The molecular weight excluding hydrogens is 384 g/mol. The molecule has 0 radical (unpaired) electrons. The van der Waals surface area contributed by atoms with Gasteiger partial charge in [0.1, 0.15) is 0 Å². The van der Waals surface area contributed by atoms with Gasteiger partial charge in [-0.05, 0) is 24.6 Å². The molecule has 0 saturated heterocycles. The Labute approximate surface area is 172 Å². The minimum absolute atomic E-state index is 0.0906. The summed E-state index contributed by atoms with van der Waals surface area (Å²) in [7, 11) is 0. The highest BCUT2D eigenvalue weighted by Gasteiger charge is 2.16. The number of nitrogens with zero attached hydrogens (tertiary/aromatic N) is 4. The lowest BCUT2D eigenvalue weighted by atomic mass is 10.1. The van der Waals surface area contributed by atoms with Crippen molar-refractivity contribution in [2.75, 3.05) is 0 Å². The molecule has 0 spiro atoms. The van der Waals surface area contributed by atoms with Crippen molar-refractivity contribution in [2.45, 2.75) is 17.8 Å². The van der Waals surface area contributed by atoms with Gasteiger partial charge in [-0.2, -0.15) is 0 Å². The van der Waals surface area contributed by atoms with Crippen LogP contribution in [0, 0.1) is 17.0 Å². The monoisotopic (exact) mass is 402 g/mol. The predicted octanol–water partition coefficient (Wildman–Crippen LogP) is 5.44. The van der Waals surface area contributed by atoms with Gasteiger partial charge in [-0.1, -0.05) is 71.9 Å². The molecule has 0 atom stereocenters. The first-order chi connectivity index (χ1) is 14.1. The summed E-state index contributed by atoms with van der Waals surface area (Å²) >= 11 is 1.55. The van der Waals surface area contributed by atoms with Crippen molar-refractivity contribution in [1.29, 1.82) is 0 Å². The van der Waals surface area contributed by atoms with Crippen LogP contribution in [-0.2, 0) is 5.75 Å². The van der Waals surface area contributed by atoms with Crippen LogP contribution in [0.15, 0.2) is 84.0 Å². The van der Waals surface area contributed by atoms with E-state index in [1.165, 1.54) is 17.7 Å². The summed E-state index contributed by atoms with van der Waals surface area (Å²) in [4.78, 5) is 10.4. The highest BCUT2D eigenvalue weighted by atomic mass is 32.2. The Balaban J connectivity index is 1.66. The first kappa shape index (κ1) is 18.9. The third kappa shape index (κ3) is 4.20. The van der Waals surface area contributed by atoms with Crippen molar-refractivity contribution in [3.8, 4) is 17.1 Å². The number of rotatable bonds is 6. The van der Waals surface area contributed by atoms with Crippen molar-refractivity contribution in [1.82, 2.24) is 14.8 Å². The smallest absolute Gasteiger partial charge is 0.269 e. The number of para-hydroxylation sites is 1. The molecule has 4 aromatic rings. The Bertz CT molecular complexity index is 1120. The maximum absolute atomic E-state index is 10.8. The van der Waals surface area contributed by atoms with E-state index in [0.717, 1.165) is 27.8 Å². The fourth-order valence-electron chi connectivity index (χ4n) is 2.92. The number of benzene rings is 3. The molecule has 1 heterocycles. The van der Waals surface area contributed by atoms with Crippen molar-refractivity contribution in [3.05, 3.63) is 100 Å². The average molecular weight is 402 g/mol. The lowest BCUT2D eigenvalue weighted by Crippen LogP contribution is -1.99. The van der Waals surface area contributed by atoms with E-state index >= 15 is 0 Å². The molecule has 144 valence electrons. The number of nitro benzene ring substituents is 1. The Hall–Kier alpha value is -3.45. The molecule has 3 aromatic carbocycles. The molecule has 0 N–H and O–H groups in total. The fraction of sp³-hybridized carbons (Fsp3) is 0.0909. The molecule has 0 unspecified atom stereocenters. The number of aromatic nitrogens is 3. The summed E-state index contributed by atoms with van der Waals surface area (Å²) in [6.45, 7) is 2.05. The van der Waals surface area contributed by atoms with E-state index in [1.54, 1.807) is 23.9 Å². The van der Waals surface area contributed by atoms with Crippen LogP contribution in [0.25, 0.3) is 17.1 Å². The number of thioether (sulfide) groups is 1. The standard InChI is InChI=1S/C22H18N4O2S/c1-16-7-11-18(12-8-16)21-23-24-22(25(21)19-5-3-2-4-6-19)29-15-17-9-13-20(14-10-17)26(27)28/h2-14H,15H2,1H3. The highest BCUT2D eigenvalue weighted by molar-refractivity contribution is 7.98. The van der Waals surface area contributed by atoms with Gasteiger partial charge in [0, 0.05) is 29.1 Å². The Kier molecular flexibility index (Phi) is 5.39. The molecule has 6 nitrogen and oxygen atoms in total. The molecular formula is C22H18N4O2S. The molecule has 0 aliphatic heterocycles. The van der Waals surface area contributed by atoms with Crippen molar-refractivity contribution < 1.29 is 4.92 Å². The molecule has 0 amide bonds. The number of non-ortho nitro benzene ring substituents is 1. The van der Waals surface area contributed by atoms with Gasteiger partial charge in [-0.3, -0.25) is 14.7 Å². The van der Waals surface area contributed by atoms with E-state index in [9.17, 15) is 10.1 Å². The van der Waals surface area contributed by atoms with E-state index in [4.69, 9.17) is 0 Å². The molecule has 0 saturated carbocycles. The first-order valence-corrected chi connectivity index (χ1v) is 10.0. The lowest BCUT2D eigenvalue weighted by molar-refractivity contribution is -0.384. The van der Waals surface area contributed by atoms with Gasteiger partial charge in [0.2, 0.25) is 0 Å². The molecule has 0 fully saturated rings. The second-order valence-electron chi connectivity index (χ2n) is 6.56. The third-order valence-electron chi connectivity index (χ3n) is 4.47. The lowest BCUT2D eigenvalue weighted by Gasteiger charge is -2.10. The van der Waals surface area contributed by atoms with Crippen LogP contribution in [-0.4, -0.2) is 19.7 Å². The van der Waals surface area contributed by atoms with Gasteiger partial charge in [-0.25, -0.2) is 0 Å². The van der Waals surface area contributed by atoms with Gasteiger partial charge >= 0.3 is 0 Å². The zero-order valence-electron chi connectivity index (χ0n) is 15.7. The largest absolute Gasteiger partial charge is 0.270 e. The number of aryl methyl sites for hydroxylation is 1. The quantitative estimate of drug-likeness (QED) is 0.244. The Morgan fingerprint density at radius 2 is 1.62 bits per heavy atom. The average Bonchev–Trinajstić information content (AvgIpc) is 3.17. The van der Waals surface area contributed by atoms with Crippen molar-refractivity contribution in [2.24, 2.45) is 0 Å². The molecule has 4 rings (SSSR count). The maximum atomic E-state index is 10.8. The first-order valence-electron chi connectivity index (χ1n) is 9.06. The molecule has 0 aliphatic rings. The summed E-state index contributed by atoms with van der Waals surface area (Å²) in [5.41, 5.74) is 4.24. The van der Waals surface area contributed by atoms with E-state index in [-0.39, 0.29) is 5.69 Å². The van der Waals surface area contributed by atoms with E-state index < -0.39 is 4.92 Å². The highest BCUT2D eigenvalue weighted by Crippen LogP contribution is 2.30. The van der Waals surface area contributed by atoms with Crippen LogP contribution in [0.4, 0.5) is 5.69 Å². The van der Waals surface area contributed by atoms with Crippen LogP contribution < -0.4 is 0 Å². The summed E-state index contributed by atoms with van der Waals surface area (Å²) < 4.78 is 2.04. The second-order valence-corrected chi connectivity index (χ2v) is 7.50. The predicted molar refractivity (Wildman–Crippen MR) is 114 cm³/mol. The SMILES string of the molecule is Cc1ccc(-c2nnc(SCc3ccc([N+](=O)[O-])cc3)n2-c2ccccc2)cc1. The van der Waals surface area contributed by atoms with E-state index in [0.29, 0.717) is 5.75 Å². The van der Waals surface area contributed by atoms with Crippen LogP contribution in [0.1, 0.15) is 11.1 Å². The van der Waals surface area contributed by atoms with Crippen molar-refractivity contribution >= 4 is 17.4 Å². The molecule has 7 heteroatoms. The Morgan fingerprint density at radius 1 is 0.931 bits per heavy atom. The summed E-state index contributed by atoms with van der Waals surface area (Å²) in [6.07, 6.45) is 0. The summed E-state index contributed by atoms with van der Waals surface area (Å²) in [6, 6.07) is 24.8. The summed E-state index contributed by atoms with van der Waals surface area (Å²) in [5, 5.41) is 20.5. The molecule has 0 bridgehead atoms. The second kappa shape index (κ2) is 8.28. The van der Waals surface area contributed by atoms with Gasteiger partial charge in [0.15, 0.2) is 11.0 Å². The molecule has 29 heavy (non-hydrogen) atoms. The van der Waals surface area contributed by atoms with E-state index in [2.05, 4.69) is 29.3 Å². The molecule has 0 aliphatic carbocycles. The van der Waals surface area contributed by atoms with Gasteiger partial charge in [-0.15, -0.1) is 10.2 Å². The Morgan fingerprint density at radius 3 is 2.28 bits per heavy atom. The minimum atomic E-state index is -0.392. The third-order valence-corrected chi connectivity index (χ3v) is 5.47. The fourth-order valence-corrected chi connectivity index (χ4v) is 3.83. The normalized spacial score (nSPS) is 10.8. The van der Waals surface area contributed by atoms with Crippen molar-refractivity contribution in [3.63, 3.8) is 0 Å². The van der Waals surface area contributed by atoms with Crippen LogP contribution in [0.3, 0.4) is 0 Å². The van der Waals surface area contributed by atoms with E-state index in [1.807, 2.05) is 47.0 Å². The zero-order valence-corrected chi connectivity index (χ0v) is 16.5. The van der Waals surface area contributed by atoms with Crippen LogP contribution >= 0.6 is 11.8 Å². The number of nitro groups is 1. The minimum Gasteiger partial charge on any atom is -0.270 e. The zero-order chi connectivity index (χ0) is 20.2. The van der Waals surface area contributed by atoms with Gasteiger partial charge < -0.3 is 0 Å². The topological polar surface area (TPSA) is 73.8 Å². The van der Waals surface area contributed by atoms with Gasteiger partial charge in [0.05, 0.1) is 4.92 Å². The van der Waals surface area contributed by atoms with Gasteiger partial charge in [0.25, 0.3) is 5.69 Å². The maximum Gasteiger partial charge on any atom is 0.269 e. The van der Waals surface area contributed by atoms with Crippen LogP contribution in [0.5, 0.6) is 0 Å².